The minimum atomic E-state index is -4.61. The third kappa shape index (κ3) is 11.4. The van der Waals surface area contributed by atoms with E-state index in [2.05, 4.69) is 4.99 Å². The molecule has 2 aromatic rings. The number of hydrogen-bond donors (Lipinski definition) is 0. The van der Waals surface area contributed by atoms with Crippen LogP contribution in [-0.2, 0) is 41.9 Å². The second-order valence-electron chi connectivity index (χ2n) is 12.9. The van der Waals surface area contributed by atoms with E-state index >= 15 is 0 Å². The first kappa shape index (κ1) is 35.9. The summed E-state index contributed by atoms with van der Waals surface area (Å²) in [4.78, 5) is 4.59. The minimum Gasteiger partial charge on any atom is -0.497 e. The van der Waals surface area contributed by atoms with E-state index < -0.39 is 36.3 Å². The molecule has 1 aliphatic heterocycles. The molecule has 1 unspecified atom stereocenters. The smallest absolute Gasteiger partial charge is 0.475 e. The van der Waals surface area contributed by atoms with Crippen LogP contribution in [0.25, 0.3) is 0 Å². The summed E-state index contributed by atoms with van der Waals surface area (Å²) in [7, 11) is -2.46. The molecule has 1 aliphatic rings. The summed E-state index contributed by atoms with van der Waals surface area (Å²) in [6.45, 7) is 12.2. The van der Waals surface area contributed by atoms with Crippen molar-refractivity contribution in [2.75, 3.05) is 26.9 Å². The molecular weight excluding hydrogens is 598 g/mol. The maximum absolute atomic E-state index is 14.1. The standard InChI is InChI=1S/C32H45F3NO7P/c1-23-36-31(21-40-23,22-41-44(37,42-29(2,3)4)43-30(5,6)7)17-16-25-14-15-28(27(20-25)32(33,34)35)39-18-10-12-24-11-9-13-26(19-24)38-8/h9,11,13-15,19-20H,10,12,16-18,21-22H2,1-8H3. The van der Waals surface area contributed by atoms with Crippen LogP contribution in [0.4, 0.5) is 13.2 Å². The highest BCUT2D eigenvalue weighted by molar-refractivity contribution is 7.48. The fourth-order valence-electron chi connectivity index (χ4n) is 4.60. The molecule has 0 saturated carbocycles. The number of phosphoric ester groups is 1. The second-order valence-corrected chi connectivity index (χ2v) is 14.4. The molecule has 0 bridgehead atoms. The third-order valence-corrected chi connectivity index (χ3v) is 8.42. The number of methoxy groups -OCH3 is 1. The SMILES string of the molecule is COc1cccc(CCCOc2ccc(CCC3(COP(=O)(OC(C)(C)C)OC(C)(C)C)COC(C)=N3)cc2C(F)(F)F)c1. The molecule has 12 heteroatoms. The Bertz CT molecular complexity index is 1310. The van der Waals surface area contributed by atoms with Gasteiger partial charge in [-0.15, -0.1) is 0 Å². The number of alkyl halides is 3. The van der Waals surface area contributed by atoms with Crippen molar-refractivity contribution in [1.29, 1.82) is 0 Å². The van der Waals surface area contributed by atoms with Crippen molar-refractivity contribution < 1.29 is 45.5 Å². The fourth-order valence-corrected chi connectivity index (χ4v) is 6.48. The maximum Gasteiger partial charge on any atom is 0.475 e. The number of nitrogens with zero attached hydrogens (tertiary/aromatic N) is 1. The summed E-state index contributed by atoms with van der Waals surface area (Å²) in [6, 6.07) is 11.6. The van der Waals surface area contributed by atoms with Crippen LogP contribution in [0.5, 0.6) is 11.5 Å². The van der Waals surface area contributed by atoms with Crippen LogP contribution in [0.2, 0.25) is 0 Å². The lowest BCUT2D eigenvalue weighted by molar-refractivity contribution is -0.139. The van der Waals surface area contributed by atoms with Gasteiger partial charge in [0.1, 0.15) is 23.6 Å². The van der Waals surface area contributed by atoms with Crippen molar-refractivity contribution in [3.05, 3.63) is 59.2 Å². The molecule has 246 valence electrons. The Hall–Kier alpha value is -2.59. The molecule has 0 aromatic heterocycles. The normalized spacial score (nSPS) is 17.8. The van der Waals surface area contributed by atoms with Crippen molar-refractivity contribution in [3.8, 4) is 11.5 Å². The Morgan fingerprint density at radius 1 is 0.955 bits per heavy atom. The lowest BCUT2D eigenvalue weighted by Gasteiger charge is -2.33. The van der Waals surface area contributed by atoms with Gasteiger partial charge in [-0.3, -0.25) is 13.6 Å². The Labute approximate surface area is 258 Å². The highest BCUT2D eigenvalue weighted by atomic mass is 31.2. The Morgan fingerprint density at radius 2 is 1.61 bits per heavy atom. The van der Waals surface area contributed by atoms with E-state index in [1.165, 1.54) is 6.07 Å². The van der Waals surface area contributed by atoms with E-state index in [4.69, 9.17) is 27.8 Å². The van der Waals surface area contributed by atoms with Gasteiger partial charge in [-0.2, -0.15) is 13.2 Å². The molecule has 44 heavy (non-hydrogen) atoms. The summed E-state index contributed by atoms with van der Waals surface area (Å²) >= 11 is 0. The van der Waals surface area contributed by atoms with Crippen molar-refractivity contribution >= 4 is 13.7 Å². The lowest BCUT2D eigenvalue weighted by Crippen LogP contribution is -2.36. The van der Waals surface area contributed by atoms with Crippen LogP contribution in [0.15, 0.2) is 47.5 Å². The predicted octanol–water partition coefficient (Wildman–Crippen LogP) is 8.60. The topological polar surface area (TPSA) is 84.8 Å². The molecule has 0 spiro atoms. The number of aryl methyl sites for hydroxylation is 2. The number of halogens is 3. The van der Waals surface area contributed by atoms with Gasteiger partial charge in [0.25, 0.3) is 0 Å². The Morgan fingerprint density at radius 3 is 2.18 bits per heavy atom. The van der Waals surface area contributed by atoms with E-state index in [-0.39, 0.29) is 38.4 Å². The van der Waals surface area contributed by atoms with Crippen LogP contribution in [-0.4, -0.2) is 49.6 Å². The number of hydrogen-bond acceptors (Lipinski definition) is 8. The van der Waals surface area contributed by atoms with E-state index in [0.717, 1.165) is 17.4 Å². The second kappa shape index (κ2) is 14.2. The highest BCUT2D eigenvalue weighted by Crippen LogP contribution is 2.56. The summed E-state index contributed by atoms with van der Waals surface area (Å²) < 4.78 is 89.5. The molecule has 0 radical (unpaired) electrons. The van der Waals surface area contributed by atoms with Gasteiger partial charge in [-0.25, -0.2) is 9.56 Å². The fraction of sp³-hybridized carbons (Fsp3) is 0.594. The minimum absolute atomic E-state index is 0.116. The van der Waals surface area contributed by atoms with Crippen LogP contribution in [0.3, 0.4) is 0 Å². The zero-order valence-corrected chi connectivity index (χ0v) is 27.8. The molecule has 0 N–H and O–H groups in total. The maximum atomic E-state index is 14.1. The van der Waals surface area contributed by atoms with Crippen LogP contribution in [0.1, 0.15) is 78.0 Å². The first-order chi connectivity index (χ1) is 20.3. The zero-order valence-electron chi connectivity index (χ0n) is 26.9. The monoisotopic (exact) mass is 643 g/mol. The quantitative estimate of drug-likeness (QED) is 0.151. The van der Waals surface area contributed by atoms with Crippen LogP contribution >= 0.6 is 7.82 Å². The largest absolute Gasteiger partial charge is 0.497 e. The number of aliphatic imine (C=N–C) groups is 1. The molecule has 1 atom stereocenters. The van der Waals surface area contributed by atoms with Gasteiger partial charge in [0.05, 0.1) is 37.1 Å². The first-order valence-corrected chi connectivity index (χ1v) is 16.1. The van der Waals surface area contributed by atoms with Gasteiger partial charge in [-0.1, -0.05) is 18.2 Å². The summed E-state index contributed by atoms with van der Waals surface area (Å²) in [5, 5.41) is 0. The molecule has 0 aliphatic carbocycles. The van der Waals surface area contributed by atoms with Gasteiger partial charge >= 0.3 is 14.0 Å². The van der Waals surface area contributed by atoms with Crippen molar-refractivity contribution in [3.63, 3.8) is 0 Å². The predicted molar refractivity (Wildman–Crippen MR) is 164 cm³/mol. The number of ether oxygens (including phenoxy) is 3. The van der Waals surface area contributed by atoms with Crippen molar-refractivity contribution in [2.24, 2.45) is 4.99 Å². The molecule has 0 fully saturated rings. The van der Waals surface area contributed by atoms with Crippen LogP contribution < -0.4 is 9.47 Å². The van der Waals surface area contributed by atoms with Crippen molar-refractivity contribution in [1.82, 2.24) is 0 Å². The molecule has 0 saturated heterocycles. The van der Waals surface area contributed by atoms with E-state index in [1.807, 2.05) is 24.3 Å². The Balaban J connectivity index is 1.71. The van der Waals surface area contributed by atoms with Crippen LogP contribution in [0, 0.1) is 0 Å². The zero-order chi connectivity index (χ0) is 32.8. The third-order valence-electron chi connectivity index (χ3n) is 6.44. The van der Waals surface area contributed by atoms with Crippen molar-refractivity contribution in [2.45, 2.75) is 97.1 Å². The number of benzene rings is 2. The average Bonchev–Trinajstić information content (AvgIpc) is 3.27. The molecule has 8 nitrogen and oxygen atoms in total. The number of phosphoric acid groups is 1. The molecule has 0 amide bonds. The van der Waals surface area contributed by atoms with Gasteiger partial charge in [-0.05, 0) is 103 Å². The lowest BCUT2D eigenvalue weighted by atomic mass is 9.93. The molecule has 1 heterocycles. The van der Waals surface area contributed by atoms with E-state index in [1.54, 1.807) is 61.6 Å². The van der Waals surface area contributed by atoms with E-state index in [9.17, 15) is 17.7 Å². The number of rotatable bonds is 14. The van der Waals surface area contributed by atoms with Gasteiger partial charge < -0.3 is 14.2 Å². The summed E-state index contributed by atoms with van der Waals surface area (Å²) in [6.07, 6.45) is -2.93. The van der Waals surface area contributed by atoms with Gasteiger partial charge in [0, 0.05) is 6.92 Å². The van der Waals surface area contributed by atoms with Gasteiger partial charge in [0.15, 0.2) is 5.90 Å². The average molecular weight is 644 g/mol. The summed E-state index contributed by atoms with van der Waals surface area (Å²) in [5.41, 5.74) is -2.03. The summed E-state index contributed by atoms with van der Waals surface area (Å²) in [5.74, 6) is 0.912. The van der Waals surface area contributed by atoms with Gasteiger partial charge in [0.2, 0.25) is 0 Å². The Kier molecular flexibility index (Phi) is 11.6. The molecule has 3 rings (SSSR count). The molecular formula is C32H45F3NO7P. The highest BCUT2D eigenvalue weighted by Gasteiger charge is 2.43. The first-order valence-electron chi connectivity index (χ1n) is 14.6. The molecule has 2 aromatic carbocycles. The van der Waals surface area contributed by atoms with E-state index in [0.29, 0.717) is 24.3 Å².